The number of amidine groups is 1. The van der Waals surface area contributed by atoms with Gasteiger partial charge < -0.3 is 14.8 Å². The number of aliphatic imine (C=N–C) groups is 1. The van der Waals surface area contributed by atoms with E-state index in [1.807, 2.05) is 11.0 Å². The van der Waals surface area contributed by atoms with Gasteiger partial charge in [0.25, 0.3) is 6.43 Å². The molecular weight excluding hydrogens is 457 g/mol. The Kier molecular flexibility index (Phi) is 5.66. The molecule has 35 heavy (non-hydrogen) atoms. The van der Waals surface area contributed by atoms with Gasteiger partial charge in [-0.05, 0) is 26.0 Å². The van der Waals surface area contributed by atoms with Crippen LogP contribution in [0, 0.1) is 12.7 Å². The molecule has 0 saturated carbocycles. The van der Waals surface area contributed by atoms with E-state index in [0.29, 0.717) is 41.8 Å². The number of hydrogen-bond donors (Lipinski definition) is 1. The number of pyridine rings is 1. The molecule has 3 aromatic rings. The number of fused-ring (bicyclic) bond motifs is 3. The third-order valence-corrected chi connectivity index (χ3v) is 6.18. The fourth-order valence-corrected chi connectivity index (χ4v) is 4.44. The Hall–Kier alpha value is -3.95. The maximum Gasteiger partial charge on any atom is 0.266 e. The van der Waals surface area contributed by atoms with Crippen LogP contribution in [0.1, 0.15) is 53.2 Å². The van der Waals surface area contributed by atoms with Crippen molar-refractivity contribution in [3.05, 3.63) is 86.5 Å². The highest BCUT2D eigenvalue weighted by Crippen LogP contribution is 2.36. The smallest absolute Gasteiger partial charge is 0.266 e. The van der Waals surface area contributed by atoms with Crippen LogP contribution in [0.25, 0.3) is 11.8 Å². The van der Waals surface area contributed by atoms with Gasteiger partial charge in [0.05, 0.1) is 23.8 Å². The van der Waals surface area contributed by atoms with Crippen molar-refractivity contribution in [3.8, 4) is 0 Å². The van der Waals surface area contributed by atoms with E-state index in [-0.39, 0.29) is 11.1 Å². The van der Waals surface area contributed by atoms with Gasteiger partial charge in [0.1, 0.15) is 23.2 Å². The molecule has 1 N–H and O–H groups in total. The lowest BCUT2D eigenvalue weighted by Gasteiger charge is -2.30. The maximum absolute atomic E-state index is 14.8. The molecule has 7 nitrogen and oxygen atoms in total. The number of aromatic nitrogens is 3. The van der Waals surface area contributed by atoms with Gasteiger partial charge in [-0.25, -0.2) is 23.1 Å². The maximum atomic E-state index is 14.8. The first-order valence-electron chi connectivity index (χ1n) is 11.2. The van der Waals surface area contributed by atoms with Crippen molar-refractivity contribution >= 4 is 23.4 Å². The van der Waals surface area contributed by atoms with Crippen LogP contribution in [0.4, 0.5) is 19.0 Å². The van der Waals surface area contributed by atoms with E-state index in [4.69, 9.17) is 0 Å². The molecule has 1 atom stereocenters. The molecular formula is C25H23F3N6O. The average molecular weight is 480 g/mol. The van der Waals surface area contributed by atoms with Gasteiger partial charge in [0, 0.05) is 42.5 Å². The molecule has 0 unspecified atom stereocenters. The van der Waals surface area contributed by atoms with Crippen molar-refractivity contribution in [1.82, 2.24) is 19.4 Å². The first-order valence-corrected chi connectivity index (χ1v) is 11.2. The van der Waals surface area contributed by atoms with E-state index in [0.717, 1.165) is 17.3 Å². The van der Waals surface area contributed by atoms with Gasteiger partial charge >= 0.3 is 0 Å². The zero-order valence-electron chi connectivity index (χ0n) is 19.4. The van der Waals surface area contributed by atoms with Crippen LogP contribution in [0.2, 0.25) is 0 Å². The number of alkyl halides is 2. The van der Waals surface area contributed by atoms with E-state index in [1.165, 1.54) is 22.8 Å². The highest BCUT2D eigenvalue weighted by Gasteiger charge is 2.32. The van der Waals surface area contributed by atoms with Crippen molar-refractivity contribution < 1.29 is 13.2 Å². The zero-order chi connectivity index (χ0) is 24.9. The molecule has 2 aliphatic rings. The lowest BCUT2D eigenvalue weighted by molar-refractivity contribution is 0.146. The number of hydrogen-bond acceptors (Lipinski definition) is 6. The summed E-state index contributed by atoms with van der Waals surface area (Å²) in [7, 11) is 1.69. The second-order valence-corrected chi connectivity index (χ2v) is 8.55. The van der Waals surface area contributed by atoms with Crippen molar-refractivity contribution in [3.63, 3.8) is 0 Å². The molecule has 0 spiro atoms. The normalized spacial score (nSPS) is 15.5. The summed E-state index contributed by atoms with van der Waals surface area (Å²) < 4.78 is 42.8. The molecule has 0 radical (unpaired) electrons. The molecule has 1 aromatic carbocycles. The molecule has 0 saturated heterocycles. The zero-order valence-corrected chi connectivity index (χ0v) is 19.4. The van der Waals surface area contributed by atoms with Crippen LogP contribution in [0.5, 0.6) is 0 Å². The lowest BCUT2D eigenvalue weighted by Crippen LogP contribution is -2.32. The molecule has 4 heterocycles. The Bertz CT molecular complexity index is 1450. The number of aryl methyl sites for hydroxylation is 2. The minimum atomic E-state index is -2.91. The number of anilines is 1. The summed E-state index contributed by atoms with van der Waals surface area (Å²) in [6, 6.07) is 6.59. The number of nitrogens with zero attached hydrogens (tertiary/aromatic N) is 5. The fourth-order valence-electron chi connectivity index (χ4n) is 4.44. The molecule has 2 aromatic heterocycles. The summed E-state index contributed by atoms with van der Waals surface area (Å²) in [5, 5.41) is 3.20. The van der Waals surface area contributed by atoms with Crippen molar-refractivity contribution in [2.45, 2.75) is 26.3 Å². The summed E-state index contributed by atoms with van der Waals surface area (Å²) in [6.45, 7) is 4.69. The van der Waals surface area contributed by atoms with E-state index in [2.05, 4.69) is 20.3 Å². The monoisotopic (exact) mass is 480 g/mol. The molecule has 5 rings (SSSR count). The predicted molar refractivity (Wildman–Crippen MR) is 128 cm³/mol. The largest absolute Gasteiger partial charge is 0.363 e. The van der Waals surface area contributed by atoms with E-state index < -0.39 is 23.8 Å². The van der Waals surface area contributed by atoms with Crippen LogP contribution in [0.15, 0.2) is 46.3 Å². The Morgan fingerprint density at radius 1 is 1.11 bits per heavy atom. The average Bonchev–Trinajstić information content (AvgIpc) is 3.31. The van der Waals surface area contributed by atoms with Crippen LogP contribution < -0.4 is 10.9 Å². The SMILES string of the molecule is Cc1nc(N[C@H](C)c2cccc(C(F)F)c2F)c2c(n1)C1=NCCN1C(c1ccc(=O)n(C)c1)=C2. The lowest BCUT2D eigenvalue weighted by atomic mass is 10.0. The molecule has 0 amide bonds. The van der Waals surface area contributed by atoms with Crippen molar-refractivity contribution in [2.24, 2.45) is 12.0 Å². The minimum Gasteiger partial charge on any atom is -0.363 e. The molecule has 180 valence electrons. The fraction of sp³-hybridized carbons (Fsp3) is 0.280. The second-order valence-electron chi connectivity index (χ2n) is 8.55. The van der Waals surface area contributed by atoms with Gasteiger partial charge in [-0.1, -0.05) is 18.2 Å². The Morgan fingerprint density at radius 3 is 2.63 bits per heavy atom. The molecule has 10 heteroatoms. The van der Waals surface area contributed by atoms with Gasteiger partial charge in [0.2, 0.25) is 5.56 Å². The molecule has 0 bridgehead atoms. The van der Waals surface area contributed by atoms with Crippen molar-refractivity contribution in [1.29, 1.82) is 0 Å². The Balaban J connectivity index is 1.61. The van der Waals surface area contributed by atoms with Crippen molar-refractivity contribution in [2.75, 3.05) is 18.4 Å². The third kappa shape index (κ3) is 3.98. The van der Waals surface area contributed by atoms with Crippen LogP contribution in [-0.4, -0.2) is 38.4 Å². The predicted octanol–water partition coefficient (Wildman–Crippen LogP) is 4.31. The van der Waals surface area contributed by atoms with Gasteiger partial charge in [0.15, 0.2) is 5.84 Å². The van der Waals surface area contributed by atoms with Gasteiger partial charge in [-0.2, -0.15) is 0 Å². The summed E-state index contributed by atoms with van der Waals surface area (Å²) in [5.41, 5.74) is 2.31. The van der Waals surface area contributed by atoms with E-state index in [1.54, 1.807) is 33.2 Å². The minimum absolute atomic E-state index is 0.116. The summed E-state index contributed by atoms with van der Waals surface area (Å²) in [6.07, 6.45) is 0.764. The topological polar surface area (TPSA) is 75.4 Å². The van der Waals surface area contributed by atoms with Gasteiger partial charge in [-0.15, -0.1) is 0 Å². The summed E-state index contributed by atoms with van der Waals surface area (Å²) in [4.78, 5) is 27.8. The molecule has 2 aliphatic heterocycles. The van der Waals surface area contributed by atoms with Crippen LogP contribution in [-0.2, 0) is 7.05 Å². The van der Waals surface area contributed by atoms with Crippen LogP contribution in [0.3, 0.4) is 0 Å². The third-order valence-electron chi connectivity index (χ3n) is 6.18. The Morgan fingerprint density at radius 2 is 1.89 bits per heavy atom. The van der Waals surface area contributed by atoms with E-state index in [9.17, 15) is 18.0 Å². The quantitative estimate of drug-likeness (QED) is 0.589. The molecule has 0 fully saturated rings. The summed E-state index contributed by atoms with van der Waals surface area (Å²) in [5.74, 6) is 0.695. The second kappa shape index (κ2) is 8.68. The van der Waals surface area contributed by atoms with E-state index >= 15 is 0 Å². The Labute approximate surface area is 199 Å². The van der Waals surface area contributed by atoms with Gasteiger partial charge in [-0.3, -0.25) is 9.79 Å². The first-order chi connectivity index (χ1) is 16.7. The highest BCUT2D eigenvalue weighted by molar-refractivity contribution is 6.12. The standard InChI is InChI=1S/C25H23F3N6O/c1-13(16-5-4-6-17(21(16)26)23(27)28)30-24-18-11-19(15-7-8-20(35)33(3)12-15)34-10-9-29-25(34)22(18)31-14(2)32-24/h4-8,11-13,23H,9-10H2,1-3H3,(H,30,31,32)/t13-/m1/s1. The van der Waals surface area contributed by atoms with Crippen LogP contribution >= 0.6 is 0 Å². The summed E-state index contributed by atoms with van der Waals surface area (Å²) >= 11 is 0. The number of benzene rings is 1. The number of nitrogens with one attached hydrogen (secondary N) is 1. The number of halogens is 3. The molecule has 0 aliphatic carbocycles. The first kappa shape index (κ1) is 22.8. The number of rotatable bonds is 5. The highest BCUT2D eigenvalue weighted by atomic mass is 19.3.